The number of carbonyl (C=O) groups excluding carboxylic acids is 2. The number of carbonyl (C=O) groups is 1. The van der Waals surface area contributed by atoms with E-state index in [0.717, 1.165) is 44.7 Å². The van der Waals surface area contributed by atoms with Crippen molar-refractivity contribution in [3.05, 3.63) is 30.6 Å². The Morgan fingerprint density at radius 3 is 2.56 bits per heavy atom. The van der Waals surface area contributed by atoms with Gasteiger partial charge in [-0.2, -0.15) is 0 Å². The van der Waals surface area contributed by atoms with Gasteiger partial charge in [0.05, 0.1) is 19.0 Å². The fourth-order valence-corrected chi connectivity index (χ4v) is 3.69. The van der Waals surface area contributed by atoms with Crippen LogP contribution in [-0.2, 0) is 14.4 Å². The summed E-state index contributed by atoms with van der Waals surface area (Å²) in [6.45, 7) is 4.73. The fourth-order valence-electron chi connectivity index (χ4n) is 3.69. The standard InChI is InChI=1S/C19H26N4O3.ClH/c24-15-1-2-18(16-3-7-20-8-4-16)19(25)26-23-13-11-22(12-14-23)17-5-9-21-10-6-17;/h1,5-6,9-10,16,18,20H,2-4,7-8,11-14H2;1H. The molecule has 2 fully saturated rings. The minimum atomic E-state index is -0.267. The van der Waals surface area contributed by atoms with Gasteiger partial charge in [0, 0.05) is 37.2 Å². The molecule has 0 radical (unpaired) electrons. The van der Waals surface area contributed by atoms with E-state index in [9.17, 15) is 9.59 Å². The number of hydrogen-bond acceptors (Lipinski definition) is 7. The molecule has 1 N–H and O–H groups in total. The van der Waals surface area contributed by atoms with E-state index in [1.165, 1.54) is 6.08 Å². The summed E-state index contributed by atoms with van der Waals surface area (Å²) in [6, 6.07) is 3.97. The molecule has 1 atom stereocenters. The first kappa shape index (κ1) is 21.4. The van der Waals surface area contributed by atoms with Gasteiger partial charge in [0.15, 0.2) is 0 Å². The molecule has 8 heteroatoms. The third kappa shape index (κ3) is 6.04. The van der Waals surface area contributed by atoms with Crippen LogP contribution in [0.15, 0.2) is 30.6 Å². The van der Waals surface area contributed by atoms with Crippen LogP contribution in [0.3, 0.4) is 0 Å². The number of halogens is 1. The zero-order valence-corrected chi connectivity index (χ0v) is 16.2. The number of nitrogens with zero attached hydrogens (tertiary/aromatic N) is 3. The molecule has 0 bridgehead atoms. The third-order valence-corrected chi connectivity index (χ3v) is 5.20. The Labute approximate surface area is 166 Å². The molecule has 1 aromatic rings. The highest BCUT2D eigenvalue weighted by Gasteiger charge is 2.32. The highest BCUT2D eigenvalue weighted by molar-refractivity contribution is 5.85. The maximum Gasteiger partial charge on any atom is 0.328 e. The third-order valence-electron chi connectivity index (χ3n) is 5.20. The number of hydroxylamine groups is 2. The van der Waals surface area contributed by atoms with Crippen LogP contribution in [0.2, 0.25) is 0 Å². The maximum atomic E-state index is 12.7. The van der Waals surface area contributed by atoms with Gasteiger partial charge in [0.1, 0.15) is 5.94 Å². The molecule has 7 nitrogen and oxygen atoms in total. The largest absolute Gasteiger partial charge is 0.369 e. The van der Waals surface area contributed by atoms with Gasteiger partial charge in [-0.1, -0.05) is 0 Å². The van der Waals surface area contributed by atoms with Crippen LogP contribution in [0.5, 0.6) is 0 Å². The monoisotopic (exact) mass is 394 g/mol. The molecule has 2 aliphatic heterocycles. The van der Waals surface area contributed by atoms with Crippen LogP contribution < -0.4 is 10.2 Å². The number of piperazine rings is 1. The minimum absolute atomic E-state index is 0. The fraction of sp³-hybridized carbons (Fsp3) is 0.579. The van der Waals surface area contributed by atoms with Crippen LogP contribution >= 0.6 is 12.4 Å². The van der Waals surface area contributed by atoms with Crippen LogP contribution in [0.4, 0.5) is 5.69 Å². The first-order valence-corrected chi connectivity index (χ1v) is 9.29. The molecule has 0 aliphatic carbocycles. The van der Waals surface area contributed by atoms with Crippen molar-refractivity contribution in [1.29, 1.82) is 0 Å². The lowest BCUT2D eigenvalue weighted by molar-refractivity contribution is -0.199. The molecule has 2 aliphatic rings. The number of piperidine rings is 1. The summed E-state index contributed by atoms with van der Waals surface area (Å²) in [5, 5.41) is 5.06. The quantitative estimate of drug-likeness (QED) is 0.732. The SMILES string of the molecule is Cl.O=C=CCC(C(=O)ON1CCN(c2ccncc2)CC1)C1CCNCC1. The highest BCUT2D eigenvalue weighted by atomic mass is 35.5. The Balaban J connectivity index is 0.00000261. The molecule has 1 unspecified atom stereocenters. The Kier molecular flexibility index (Phi) is 8.75. The summed E-state index contributed by atoms with van der Waals surface area (Å²) in [7, 11) is 0. The van der Waals surface area contributed by atoms with Crippen LogP contribution in [0.1, 0.15) is 19.3 Å². The first-order chi connectivity index (χ1) is 12.8. The summed E-state index contributed by atoms with van der Waals surface area (Å²) < 4.78 is 0. The summed E-state index contributed by atoms with van der Waals surface area (Å²) >= 11 is 0. The smallest absolute Gasteiger partial charge is 0.328 e. The van der Waals surface area contributed by atoms with E-state index in [0.29, 0.717) is 19.5 Å². The summed E-state index contributed by atoms with van der Waals surface area (Å²) in [4.78, 5) is 35.3. The molecule has 27 heavy (non-hydrogen) atoms. The average molecular weight is 395 g/mol. The van der Waals surface area contributed by atoms with E-state index < -0.39 is 0 Å². The normalized spacial score (nSPS) is 19.5. The van der Waals surface area contributed by atoms with E-state index >= 15 is 0 Å². The Morgan fingerprint density at radius 1 is 1.26 bits per heavy atom. The van der Waals surface area contributed by atoms with Crippen molar-refractivity contribution in [1.82, 2.24) is 15.4 Å². The first-order valence-electron chi connectivity index (χ1n) is 9.29. The van der Waals surface area contributed by atoms with Crippen molar-refractivity contribution in [2.75, 3.05) is 44.2 Å². The van der Waals surface area contributed by atoms with Crippen LogP contribution in [0, 0.1) is 11.8 Å². The summed E-state index contributed by atoms with van der Waals surface area (Å²) in [6.07, 6.45) is 7.25. The van der Waals surface area contributed by atoms with Gasteiger partial charge in [-0.05, 0) is 50.4 Å². The number of rotatable bonds is 6. The van der Waals surface area contributed by atoms with Gasteiger partial charge in [0.25, 0.3) is 0 Å². The number of hydrogen-bond donors (Lipinski definition) is 1. The van der Waals surface area contributed by atoms with Crippen molar-refractivity contribution in [2.24, 2.45) is 11.8 Å². The Bertz CT molecular complexity index is 625. The second kappa shape index (κ2) is 11.0. The van der Waals surface area contributed by atoms with E-state index in [1.54, 1.807) is 23.4 Å². The van der Waals surface area contributed by atoms with Gasteiger partial charge >= 0.3 is 5.97 Å². The second-order valence-electron chi connectivity index (χ2n) is 6.78. The predicted octanol–water partition coefficient (Wildman–Crippen LogP) is 1.48. The van der Waals surface area contributed by atoms with E-state index in [4.69, 9.17) is 4.84 Å². The molecule has 0 aromatic carbocycles. The van der Waals surface area contributed by atoms with Gasteiger partial charge in [-0.3, -0.25) is 9.78 Å². The zero-order chi connectivity index (χ0) is 18.2. The molecular formula is C19H27ClN4O3. The Morgan fingerprint density at radius 2 is 1.93 bits per heavy atom. The molecule has 0 amide bonds. The number of nitrogens with one attached hydrogen (secondary N) is 1. The Hall–Kier alpha value is -1.92. The van der Waals surface area contributed by atoms with Crippen molar-refractivity contribution in [2.45, 2.75) is 19.3 Å². The minimum Gasteiger partial charge on any atom is -0.369 e. The van der Waals surface area contributed by atoms with E-state index in [2.05, 4.69) is 15.2 Å². The lowest BCUT2D eigenvalue weighted by Crippen LogP contribution is -2.48. The molecule has 3 heterocycles. The number of allylic oxidation sites excluding steroid dienone is 1. The number of pyridine rings is 1. The van der Waals surface area contributed by atoms with Crippen molar-refractivity contribution >= 4 is 30.0 Å². The molecule has 0 saturated carbocycles. The molecule has 1 aromatic heterocycles. The molecule has 148 valence electrons. The van der Waals surface area contributed by atoms with Crippen molar-refractivity contribution < 1.29 is 14.4 Å². The van der Waals surface area contributed by atoms with E-state index in [1.807, 2.05) is 12.1 Å². The number of anilines is 1. The van der Waals surface area contributed by atoms with Crippen LogP contribution in [0.25, 0.3) is 0 Å². The predicted molar refractivity (Wildman–Crippen MR) is 105 cm³/mol. The molecule has 3 rings (SSSR count). The number of aromatic nitrogens is 1. The van der Waals surface area contributed by atoms with Gasteiger partial charge in [-0.15, -0.1) is 17.5 Å². The van der Waals surface area contributed by atoms with Gasteiger partial charge < -0.3 is 15.1 Å². The topological polar surface area (TPSA) is 74.8 Å². The van der Waals surface area contributed by atoms with Gasteiger partial charge in [-0.25, -0.2) is 4.79 Å². The van der Waals surface area contributed by atoms with Crippen LogP contribution in [-0.4, -0.2) is 61.2 Å². The summed E-state index contributed by atoms with van der Waals surface area (Å²) in [5.74, 6) is 1.56. The maximum absolute atomic E-state index is 12.7. The lowest BCUT2D eigenvalue weighted by atomic mass is 9.83. The van der Waals surface area contributed by atoms with Gasteiger partial charge in [0.2, 0.25) is 0 Å². The molecular weight excluding hydrogens is 368 g/mol. The highest BCUT2D eigenvalue weighted by Crippen LogP contribution is 2.27. The second-order valence-corrected chi connectivity index (χ2v) is 6.78. The average Bonchev–Trinajstić information content (AvgIpc) is 2.70. The summed E-state index contributed by atoms with van der Waals surface area (Å²) in [5.41, 5.74) is 1.13. The lowest BCUT2D eigenvalue weighted by Gasteiger charge is -2.36. The van der Waals surface area contributed by atoms with Crippen molar-refractivity contribution in [3.63, 3.8) is 0 Å². The van der Waals surface area contributed by atoms with E-state index in [-0.39, 0.29) is 30.2 Å². The molecule has 0 spiro atoms. The molecule has 2 saturated heterocycles. The van der Waals surface area contributed by atoms with Crippen molar-refractivity contribution in [3.8, 4) is 0 Å². The zero-order valence-electron chi connectivity index (χ0n) is 15.4.